The van der Waals surface area contributed by atoms with Crippen molar-refractivity contribution in [3.05, 3.63) is 54.6 Å². The number of nitrogens with one attached hydrogen (secondary N) is 1. The average molecular weight is 358 g/mol. The molecule has 0 saturated heterocycles. The maximum atomic E-state index is 12.5. The van der Waals surface area contributed by atoms with E-state index in [0.29, 0.717) is 28.8 Å². The first-order valence-corrected chi connectivity index (χ1v) is 8.95. The van der Waals surface area contributed by atoms with Gasteiger partial charge >= 0.3 is 0 Å². The molecule has 0 spiro atoms. The van der Waals surface area contributed by atoms with Gasteiger partial charge in [0.05, 0.1) is 16.8 Å². The molecule has 0 aliphatic carbocycles. The number of rotatable bonds is 4. The molecule has 7 nitrogen and oxygen atoms in total. The van der Waals surface area contributed by atoms with Gasteiger partial charge in [-0.2, -0.15) is 0 Å². The van der Waals surface area contributed by atoms with Crippen LogP contribution in [0.25, 0.3) is 11.3 Å². The highest BCUT2D eigenvalue weighted by Crippen LogP contribution is 2.35. The number of anilines is 1. The molecule has 1 aromatic heterocycles. The van der Waals surface area contributed by atoms with Crippen LogP contribution in [0.4, 0.5) is 5.69 Å². The van der Waals surface area contributed by atoms with Crippen LogP contribution in [0.3, 0.4) is 0 Å². The summed E-state index contributed by atoms with van der Waals surface area (Å²) in [6.07, 6.45) is 1.60. The predicted molar refractivity (Wildman–Crippen MR) is 90.0 cm³/mol. The lowest BCUT2D eigenvalue weighted by Crippen LogP contribution is -2.12. The van der Waals surface area contributed by atoms with Crippen LogP contribution in [0.15, 0.2) is 58.0 Å². The van der Waals surface area contributed by atoms with Crippen molar-refractivity contribution >= 4 is 15.7 Å². The van der Waals surface area contributed by atoms with Crippen molar-refractivity contribution < 1.29 is 22.3 Å². The Balaban J connectivity index is 1.57. The molecule has 1 N–H and O–H groups in total. The number of sulfonamides is 1. The van der Waals surface area contributed by atoms with E-state index in [1.54, 1.807) is 43.5 Å². The largest absolute Gasteiger partial charge is 0.454 e. The zero-order valence-electron chi connectivity index (χ0n) is 13.2. The first-order chi connectivity index (χ1) is 12.0. The van der Waals surface area contributed by atoms with Crippen molar-refractivity contribution in [2.45, 2.75) is 11.8 Å². The van der Waals surface area contributed by atoms with E-state index in [-0.39, 0.29) is 11.7 Å². The summed E-state index contributed by atoms with van der Waals surface area (Å²) in [7, 11) is -3.72. The summed E-state index contributed by atoms with van der Waals surface area (Å²) >= 11 is 0. The zero-order chi connectivity index (χ0) is 17.4. The van der Waals surface area contributed by atoms with E-state index in [0.717, 1.165) is 5.56 Å². The van der Waals surface area contributed by atoms with Gasteiger partial charge in [-0.05, 0) is 36.4 Å². The van der Waals surface area contributed by atoms with Crippen LogP contribution in [-0.2, 0) is 10.0 Å². The fourth-order valence-corrected chi connectivity index (χ4v) is 3.52. The van der Waals surface area contributed by atoms with E-state index in [4.69, 9.17) is 13.9 Å². The zero-order valence-corrected chi connectivity index (χ0v) is 14.0. The molecule has 0 amide bonds. The molecule has 4 rings (SSSR count). The lowest BCUT2D eigenvalue weighted by Gasteiger charge is -2.09. The molecule has 8 heteroatoms. The predicted octanol–water partition coefficient (Wildman–Crippen LogP) is 3.18. The summed E-state index contributed by atoms with van der Waals surface area (Å²) < 4.78 is 43.5. The van der Waals surface area contributed by atoms with Crippen molar-refractivity contribution in [1.82, 2.24) is 4.98 Å². The third kappa shape index (κ3) is 3.03. The summed E-state index contributed by atoms with van der Waals surface area (Å²) in [6.45, 7) is 1.88. The maximum absolute atomic E-state index is 12.5. The quantitative estimate of drug-likeness (QED) is 0.770. The highest BCUT2D eigenvalue weighted by molar-refractivity contribution is 7.92. The molecule has 2 heterocycles. The molecule has 0 radical (unpaired) electrons. The van der Waals surface area contributed by atoms with Crippen molar-refractivity contribution in [3.63, 3.8) is 0 Å². The average Bonchev–Trinajstić information content (AvgIpc) is 3.23. The molecule has 1 aliphatic heterocycles. The topological polar surface area (TPSA) is 90.7 Å². The second-order valence-corrected chi connectivity index (χ2v) is 7.12. The molecule has 128 valence electrons. The minimum atomic E-state index is -3.72. The van der Waals surface area contributed by atoms with Gasteiger partial charge in [-0.15, -0.1) is 0 Å². The van der Waals surface area contributed by atoms with Crippen molar-refractivity contribution in [2.24, 2.45) is 0 Å². The van der Waals surface area contributed by atoms with E-state index in [2.05, 4.69) is 9.71 Å². The van der Waals surface area contributed by atoms with Crippen molar-refractivity contribution in [2.75, 3.05) is 11.5 Å². The SMILES string of the molecule is Cc1ncc(-c2ccc(S(=O)(=O)Nc3ccc4c(c3)OCO4)cc2)o1. The molecule has 0 bridgehead atoms. The van der Waals surface area contributed by atoms with Gasteiger partial charge in [-0.1, -0.05) is 0 Å². The summed E-state index contributed by atoms with van der Waals surface area (Å²) in [5, 5.41) is 0. The molecule has 0 unspecified atom stereocenters. The van der Waals surface area contributed by atoms with Gasteiger partial charge in [-0.25, -0.2) is 13.4 Å². The molecule has 0 saturated carbocycles. The Bertz CT molecular complexity index is 1030. The monoisotopic (exact) mass is 358 g/mol. The minimum absolute atomic E-state index is 0.133. The Labute approximate surface area is 144 Å². The molecule has 25 heavy (non-hydrogen) atoms. The molecule has 3 aromatic rings. The van der Waals surface area contributed by atoms with Gasteiger partial charge < -0.3 is 13.9 Å². The molecule has 1 aliphatic rings. The number of aryl methyl sites for hydroxylation is 1. The highest BCUT2D eigenvalue weighted by Gasteiger charge is 2.18. The standard InChI is InChI=1S/C17H14N2O5S/c1-11-18-9-17(24-11)12-2-5-14(6-3-12)25(20,21)19-13-4-7-15-16(8-13)23-10-22-15/h2-9,19H,10H2,1H3. The number of benzene rings is 2. The van der Waals surface area contributed by atoms with Crippen LogP contribution < -0.4 is 14.2 Å². The third-order valence-electron chi connectivity index (χ3n) is 3.70. The Morgan fingerprint density at radius 3 is 2.52 bits per heavy atom. The maximum Gasteiger partial charge on any atom is 0.261 e. The van der Waals surface area contributed by atoms with Gasteiger partial charge in [0.1, 0.15) is 0 Å². The first kappa shape index (κ1) is 15.5. The summed E-state index contributed by atoms with van der Waals surface area (Å²) in [4.78, 5) is 4.17. The molecule has 2 aromatic carbocycles. The van der Waals surface area contributed by atoms with Crippen molar-refractivity contribution in [1.29, 1.82) is 0 Å². The third-order valence-corrected chi connectivity index (χ3v) is 5.09. The highest BCUT2D eigenvalue weighted by atomic mass is 32.2. The second kappa shape index (κ2) is 5.82. The number of nitrogens with zero attached hydrogens (tertiary/aromatic N) is 1. The van der Waals surface area contributed by atoms with E-state index in [9.17, 15) is 8.42 Å². The molecular weight excluding hydrogens is 344 g/mol. The fourth-order valence-electron chi connectivity index (χ4n) is 2.47. The normalized spacial score (nSPS) is 13.0. The fraction of sp³-hybridized carbons (Fsp3) is 0.118. The van der Waals surface area contributed by atoms with Gasteiger partial charge in [0.15, 0.2) is 23.1 Å². The van der Waals surface area contributed by atoms with Crippen LogP contribution in [0, 0.1) is 6.92 Å². The smallest absolute Gasteiger partial charge is 0.261 e. The number of hydrogen-bond donors (Lipinski definition) is 1. The second-order valence-electron chi connectivity index (χ2n) is 5.44. The lowest BCUT2D eigenvalue weighted by atomic mass is 10.2. The number of hydrogen-bond acceptors (Lipinski definition) is 6. The number of oxazole rings is 1. The number of aromatic nitrogens is 1. The van der Waals surface area contributed by atoms with E-state index < -0.39 is 10.0 Å². The van der Waals surface area contributed by atoms with Crippen LogP contribution in [-0.4, -0.2) is 20.2 Å². The van der Waals surface area contributed by atoms with E-state index >= 15 is 0 Å². The Kier molecular flexibility index (Phi) is 3.61. The summed E-state index contributed by atoms with van der Waals surface area (Å²) in [5.74, 6) is 2.24. The van der Waals surface area contributed by atoms with Gasteiger partial charge in [-0.3, -0.25) is 4.72 Å². The molecule has 0 atom stereocenters. The van der Waals surface area contributed by atoms with Crippen LogP contribution in [0.2, 0.25) is 0 Å². The number of ether oxygens (including phenoxy) is 2. The van der Waals surface area contributed by atoms with Crippen molar-refractivity contribution in [3.8, 4) is 22.8 Å². The van der Waals surface area contributed by atoms with Crippen LogP contribution in [0.1, 0.15) is 5.89 Å². The van der Waals surface area contributed by atoms with E-state index in [1.165, 1.54) is 12.1 Å². The molecule has 0 fully saturated rings. The Morgan fingerprint density at radius 1 is 1.04 bits per heavy atom. The summed E-state index contributed by atoms with van der Waals surface area (Å²) in [5.41, 5.74) is 1.15. The van der Waals surface area contributed by atoms with E-state index in [1.807, 2.05) is 0 Å². The minimum Gasteiger partial charge on any atom is -0.454 e. The van der Waals surface area contributed by atoms with Crippen LogP contribution in [0.5, 0.6) is 11.5 Å². The van der Waals surface area contributed by atoms with Gasteiger partial charge in [0, 0.05) is 18.6 Å². The Hall–Kier alpha value is -3.00. The number of fused-ring (bicyclic) bond motifs is 1. The van der Waals surface area contributed by atoms with Gasteiger partial charge in [0.25, 0.3) is 10.0 Å². The summed E-state index contributed by atoms with van der Waals surface area (Å²) in [6, 6.07) is 11.3. The molecular formula is C17H14N2O5S. The lowest BCUT2D eigenvalue weighted by molar-refractivity contribution is 0.174. The van der Waals surface area contributed by atoms with Crippen LogP contribution >= 0.6 is 0 Å². The Morgan fingerprint density at radius 2 is 1.80 bits per heavy atom. The first-order valence-electron chi connectivity index (χ1n) is 7.47. The van der Waals surface area contributed by atoms with Gasteiger partial charge in [0.2, 0.25) is 6.79 Å².